The summed E-state index contributed by atoms with van der Waals surface area (Å²) in [7, 11) is 0. The van der Waals surface area contributed by atoms with Crippen LogP contribution in [0.25, 0.3) is 0 Å². The predicted octanol–water partition coefficient (Wildman–Crippen LogP) is 4.01. The number of carbonyl (C=O) groups is 1. The largest absolute Gasteiger partial charge is 0.342 e. The lowest BCUT2D eigenvalue weighted by molar-refractivity contribution is -0.131. The minimum Gasteiger partial charge on any atom is -0.342 e. The lowest BCUT2D eigenvalue weighted by Gasteiger charge is -2.32. The molecular weight excluding hydrogens is 350 g/mol. The average molecular weight is 374 g/mol. The van der Waals surface area contributed by atoms with Crippen LogP contribution in [-0.4, -0.2) is 34.0 Å². The summed E-state index contributed by atoms with van der Waals surface area (Å²) >= 11 is 5.90. The van der Waals surface area contributed by atoms with E-state index in [1.54, 1.807) is 0 Å². The van der Waals surface area contributed by atoms with Crippen LogP contribution in [0.5, 0.6) is 0 Å². The topological polar surface area (TPSA) is 59.2 Å². The highest BCUT2D eigenvalue weighted by Crippen LogP contribution is 2.39. The second-order valence-electron chi connectivity index (χ2n) is 7.49. The van der Waals surface area contributed by atoms with Crippen LogP contribution in [0.4, 0.5) is 0 Å². The number of aryl methyl sites for hydroxylation is 1. The summed E-state index contributed by atoms with van der Waals surface area (Å²) in [6.45, 7) is 1.69. The van der Waals surface area contributed by atoms with Crippen molar-refractivity contribution < 1.29 is 9.32 Å². The van der Waals surface area contributed by atoms with Gasteiger partial charge in [0.1, 0.15) is 0 Å². The Morgan fingerprint density at radius 3 is 2.58 bits per heavy atom. The zero-order chi connectivity index (χ0) is 17.9. The molecule has 2 aromatic rings. The third-order valence-corrected chi connectivity index (χ3v) is 5.67. The number of likely N-dealkylation sites (tertiary alicyclic amines) is 1. The van der Waals surface area contributed by atoms with Crippen LogP contribution < -0.4 is 0 Å². The Morgan fingerprint density at radius 1 is 1.15 bits per heavy atom. The fourth-order valence-corrected chi connectivity index (χ4v) is 3.68. The Labute approximate surface area is 158 Å². The molecule has 6 heteroatoms. The first-order valence-corrected chi connectivity index (χ1v) is 9.90. The summed E-state index contributed by atoms with van der Waals surface area (Å²) in [6.07, 6.45) is 6.88. The van der Waals surface area contributed by atoms with Gasteiger partial charge in [0.2, 0.25) is 11.8 Å². The van der Waals surface area contributed by atoms with Crippen molar-refractivity contribution >= 4 is 17.5 Å². The van der Waals surface area contributed by atoms with Crippen LogP contribution in [0.1, 0.15) is 55.3 Å². The van der Waals surface area contributed by atoms with E-state index in [1.807, 2.05) is 29.2 Å². The van der Waals surface area contributed by atoms with E-state index in [9.17, 15) is 4.79 Å². The average Bonchev–Trinajstić information content (AvgIpc) is 3.40. The van der Waals surface area contributed by atoms with Crippen molar-refractivity contribution in [3.8, 4) is 0 Å². The van der Waals surface area contributed by atoms with E-state index in [2.05, 4.69) is 10.1 Å². The molecule has 26 heavy (non-hydrogen) atoms. The van der Waals surface area contributed by atoms with Gasteiger partial charge in [-0.1, -0.05) is 28.9 Å². The number of nitrogens with zero attached hydrogens (tertiary/aromatic N) is 3. The van der Waals surface area contributed by atoms with E-state index in [0.717, 1.165) is 56.1 Å². The van der Waals surface area contributed by atoms with Crippen molar-refractivity contribution in [2.24, 2.45) is 5.92 Å². The maximum Gasteiger partial charge on any atom is 0.229 e. The standard InChI is InChI=1S/C20H24ClN3O2/c21-17-6-1-15(2-7-17)13-19(25)24-11-9-14(10-12-24)3-8-18-22-20(26-23-18)16-4-5-16/h1-2,6-7,14,16H,3-5,8-13H2. The smallest absolute Gasteiger partial charge is 0.229 e. The second-order valence-corrected chi connectivity index (χ2v) is 7.93. The Bertz CT molecular complexity index is 747. The zero-order valence-corrected chi connectivity index (χ0v) is 15.6. The quantitative estimate of drug-likeness (QED) is 0.767. The van der Waals surface area contributed by atoms with Crippen LogP contribution in [0, 0.1) is 5.92 Å². The van der Waals surface area contributed by atoms with Crippen molar-refractivity contribution in [2.45, 2.75) is 50.9 Å². The fourth-order valence-electron chi connectivity index (χ4n) is 3.56. The Morgan fingerprint density at radius 2 is 1.88 bits per heavy atom. The van der Waals surface area contributed by atoms with E-state index in [1.165, 1.54) is 12.8 Å². The van der Waals surface area contributed by atoms with Crippen LogP contribution in [-0.2, 0) is 17.6 Å². The van der Waals surface area contributed by atoms with Crippen molar-refractivity contribution in [1.82, 2.24) is 15.0 Å². The summed E-state index contributed by atoms with van der Waals surface area (Å²) < 4.78 is 5.32. The normalized spacial score (nSPS) is 18.3. The number of hydrogen-bond acceptors (Lipinski definition) is 4. The minimum absolute atomic E-state index is 0.206. The van der Waals surface area contributed by atoms with Gasteiger partial charge in [-0.2, -0.15) is 4.98 Å². The van der Waals surface area contributed by atoms with Gasteiger partial charge in [0.15, 0.2) is 5.82 Å². The molecule has 0 bridgehead atoms. The molecule has 138 valence electrons. The molecule has 1 aromatic carbocycles. The number of aromatic nitrogens is 2. The molecule has 1 aliphatic heterocycles. The Balaban J connectivity index is 1.20. The maximum absolute atomic E-state index is 12.5. The molecule has 1 saturated carbocycles. The number of hydrogen-bond donors (Lipinski definition) is 0. The van der Waals surface area contributed by atoms with Crippen molar-refractivity contribution in [2.75, 3.05) is 13.1 Å². The summed E-state index contributed by atoms with van der Waals surface area (Å²) in [5.74, 6) is 3.03. The molecule has 0 N–H and O–H groups in total. The number of rotatable bonds is 6. The van der Waals surface area contributed by atoms with E-state index < -0.39 is 0 Å². The summed E-state index contributed by atoms with van der Waals surface area (Å²) in [4.78, 5) is 19.0. The molecule has 2 heterocycles. The number of halogens is 1. The van der Waals surface area contributed by atoms with E-state index in [-0.39, 0.29) is 5.91 Å². The van der Waals surface area contributed by atoms with Gasteiger partial charge in [-0.05, 0) is 55.7 Å². The lowest BCUT2D eigenvalue weighted by atomic mass is 9.92. The van der Waals surface area contributed by atoms with Gasteiger partial charge >= 0.3 is 0 Å². The molecule has 1 amide bonds. The highest BCUT2D eigenvalue weighted by Gasteiger charge is 2.30. The molecule has 1 saturated heterocycles. The van der Waals surface area contributed by atoms with Crippen LogP contribution in [0.15, 0.2) is 28.8 Å². The first-order valence-electron chi connectivity index (χ1n) is 9.52. The predicted molar refractivity (Wildman–Crippen MR) is 99.1 cm³/mol. The molecule has 0 spiro atoms. The molecule has 2 aliphatic rings. The lowest BCUT2D eigenvalue weighted by Crippen LogP contribution is -2.39. The third kappa shape index (κ3) is 4.44. The van der Waals surface area contributed by atoms with Gasteiger partial charge in [0, 0.05) is 30.5 Å². The number of piperidine rings is 1. The van der Waals surface area contributed by atoms with E-state index in [0.29, 0.717) is 23.3 Å². The second kappa shape index (κ2) is 7.78. The maximum atomic E-state index is 12.5. The molecule has 2 fully saturated rings. The first-order chi connectivity index (χ1) is 12.7. The molecule has 1 aromatic heterocycles. The highest BCUT2D eigenvalue weighted by atomic mass is 35.5. The first kappa shape index (κ1) is 17.5. The van der Waals surface area contributed by atoms with Crippen molar-refractivity contribution in [3.63, 3.8) is 0 Å². The Hall–Kier alpha value is -1.88. The number of amides is 1. The third-order valence-electron chi connectivity index (χ3n) is 5.42. The summed E-state index contributed by atoms with van der Waals surface area (Å²) in [5, 5.41) is 4.80. The van der Waals surface area contributed by atoms with Crippen LogP contribution >= 0.6 is 11.6 Å². The summed E-state index contributed by atoms with van der Waals surface area (Å²) in [6, 6.07) is 7.52. The molecule has 4 rings (SSSR count). The zero-order valence-electron chi connectivity index (χ0n) is 14.9. The van der Waals surface area contributed by atoms with Gasteiger partial charge in [-0.15, -0.1) is 0 Å². The van der Waals surface area contributed by atoms with Gasteiger partial charge < -0.3 is 9.42 Å². The molecule has 5 nitrogen and oxygen atoms in total. The Kier molecular flexibility index (Phi) is 5.25. The molecule has 0 atom stereocenters. The SMILES string of the molecule is O=C(Cc1ccc(Cl)cc1)N1CCC(CCc2noc(C3CC3)n2)CC1. The van der Waals surface area contributed by atoms with Crippen molar-refractivity contribution in [1.29, 1.82) is 0 Å². The van der Waals surface area contributed by atoms with Gasteiger partial charge in [-0.3, -0.25) is 4.79 Å². The van der Waals surface area contributed by atoms with E-state index in [4.69, 9.17) is 16.1 Å². The summed E-state index contributed by atoms with van der Waals surface area (Å²) in [5.41, 5.74) is 1.02. The van der Waals surface area contributed by atoms with Crippen LogP contribution in [0.3, 0.4) is 0 Å². The molecule has 0 unspecified atom stereocenters. The highest BCUT2D eigenvalue weighted by molar-refractivity contribution is 6.30. The number of carbonyl (C=O) groups excluding carboxylic acids is 1. The monoisotopic (exact) mass is 373 g/mol. The van der Waals surface area contributed by atoms with Gasteiger partial charge in [-0.25, -0.2) is 0 Å². The van der Waals surface area contributed by atoms with Gasteiger partial charge in [0.05, 0.1) is 6.42 Å². The molecule has 0 radical (unpaired) electrons. The number of benzene rings is 1. The molecular formula is C20H24ClN3O2. The fraction of sp³-hybridized carbons (Fsp3) is 0.550. The van der Waals surface area contributed by atoms with Crippen molar-refractivity contribution in [3.05, 3.63) is 46.6 Å². The molecule has 1 aliphatic carbocycles. The van der Waals surface area contributed by atoms with Crippen LogP contribution in [0.2, 0.25) is 5.02 Å². The van der Waals surface area contributed by atoms with Gasteiger partial charge in [0.25, 0.3) is 0 Å². The van der Waals surface area contributed by atoms with E-state index >= 15 is 0 Å². The minimum atomic E-state index is 0.206.